The van der Waals surface area contributed by atoms with E-state index in [1.165, 1.54) is 5.56 Å². The molecular weight excluding hydrogens is 312 g/mol. The summed E-state index contributed by atoms with van der Waals surface area (Å²) in [6.45, 7) is 6.60. The molecule has 25 heavy (non-hydrogen) atoms. The standard InChI is InChI=1S/C21H30N2O2/c1-3-4-6-18-7-5-16-23(18)20(24)21(12-14-22-15-13-21)25-19-10-8-17(2)9-11-19/h5,7-11,18,22H,3-4,6,12-16H2,1-2H3. The number of carbonyl (C=O) groups is 1. The smallest absolute Gasteiger partial charge is 0.267 e. The second-order valence-corrected chi connectivity index (χ2v) is 7.25. The van der Waals surface area contributed by atoms with Gasteiger partial charge >= 0.3 is 0 Å². The molecule has 1 saturated heterocycles. The van der Waals surface area contributed by atoms with Gasteiger partial charge in [-0.3, -0.25) is 4.79 Å². The fraction of sp³-hybridized carbons (Fsp3) is 0.571. The van der Waals surface area contributed by atoms with Crippen molar-refractivity contribution in [1.82, 2.24) is 10.2 Å². The van der Waals surface area contributed by atoms with Gasteiger partial charge in [-0.25, -0.2) is 0 Å². The molecule has 0 aliphatic carbocycles. The SMILES string of the molecule is CCCCC1C=CCN1C(=O)C1(Oc2ccc(C)cc2)CCNCC1. The summed E-state index contributed by atoms with van der Waals surface area (Å²) < 4.78 is 6.37. The number of rotatable bonds is 6. The number of hydrogen-bond acceptors (Lipinski definition) is 3. The van der Waals surface area contributed by atoms with Gasteiger partial charge < -0.3 is 15.0 Å². The van der Waals surface area contributed by atoms with Crippen molar-refractivity contribution in [2.75, 3.05) is 19.6 Å². The molecule has 4 heteroatoms. The highest BCUT2D eigenvalue weighted by Crippen LogP contribution is 2.31. The fourth-order valence-corrected chi connectivity index (χ4v) is 3.75. The predicted octanol–water partition coefficient (Wildman–Crippen LogP) is 3.45. The van der Waals surface area contributed by atoms with Gasteiger partial charge in [0.15, 0.2) is 5.60 Å². The van der Waals surface area contributed by atoms with Crippen LogP contribution in [0, 0.1) is 6.92 Å². The average Bonchev–Trinajstić information content (AvgIpc) is 3.10. The Balaban J connectivity index is 1.79. The van der Waals surface area contributed by atoms with Crippen LogP contribution in [0.5, 0.6) is 5.75 Å². The van der Waals surface area contributed by atoms with E-state index in [1.54, 1.807) is 0 Å². The first kappa shape index (κ1) is 18.0. The predicted molar refractivity (Wildman–Crippen MR) is 101 cm³/mol. The van der Waals surface area contributed by atoms with E-state index in [4.69, 9.17) is 4.74 Å². The molecule has 1 unspecified atom stereocenters. The van der Waals surface area contributed by atoms with Crippen molar-refractivity contribution in [3.8, 4) is 5.75 Å². The minimum Gasteiger partial charge on any atom is -0.477 e. The molecule has 136 valence electrons. The number of hydrogen-bond donors (Lipinski definition) is 1. The molecule has 2 heterocycles. The maximum absolute atomic E-state index is 13.5. The maximum atomic E-state index is 13.5. The lowest BCUT2D eigenvalue weighted by Gasteiger charge is -2.40. The van der Waals surface area contributed by atoms with Gasteiger partial charge in [-0.2, -0.15) is 0 Å². The van der Waals surface area contributed by atoms with Crippen molar-refractivity contribution < 1.29 is 9.53 Å². The van der Waals surface area contributed by atoms with Gasteiger partial charge in [0, 0.05) is 19.4 Å². The van der Waals surface area contributed by atoms with Gasteiger partial charge in [0.2, 0.25) is 0 Å². The van der Waals surface area contributed by atoms with Gasteiger partial charge in [0.25, 0.3) is 5.91 Å². The molecule has 2 aliphatic heterocycles. The lowest BCUT2D eigenvalue weighted by atomic mass is 9.89. The third kappa shape index (κ3) is 4.06. The zero-order valence-electron chi connectivity index (χ0n) is 15.5. The minimum absolute atomic E-state index is 0.153. The second-order valence-electron chi connectivity index (χ2n) is 7.25. The Bertz CT molecular complexity index is 603. The van der Waals surface area contributed by atoms with E-state index in [2.05, 4.69) is 31.3 Å². The molecule has 1 fully saturated rings. The Hall–Kier alpha value is -1.81. The first-order chi connectivity index (χ1) is 12.1. The van der Waals surface area contributed by atoms with E-state index < -0.39 is 5.60 Å². The summed E-state index contributed by atoms with van der Waals surface area (Å²) in [5, 5.41) is 3.36. The molecule has 3 rings (SSSR count). The number of ether oxygens (including phenoxy) is 1. The van der Waals surface area contributed by atoms with Crippen LogP contribution in [0.15, 0.2) is 36.4 Å². The summed E-state index contributed by atoms with van der Waals surface area (Å²) in [5.74, 6) is 0.943. The summed E-state index contributed by atoms with van der Waals surface area (Å²) in [7, 11) is 0. The van der Waals surface area contributed by atoms with Crippen molar-refractivity contribution in [3.05, 3.63) is 42.0 Å². The van der Waals surface area contributed by atoms with Crippen molar-refractivity contribution in [1.29, 1.82) is 0 Å². The second kappa shape index (κ2) is 8.05. The van der Waals surface area contributed by atoms with Crippen LogP contribution >= 0.6 is 0 Å². The number of nitrogens with zero attached hydrogens (tertiary/aromatic N) is 1. The molecule has 0 radical (unpaired) electrons. The Morgan fingerprint density at radius 2 is 2.00 bits per heavy atom. The normalized spacial score (nSPS) is 22.2. The van der Waals surface area contributed by atoms with Crippen LogP contribution in [-0.2, 0) is 4.79 Å². The van der Waals surface area contributed by atoms with Crippen LogP contribution in [0.3, 0.4) is 0 Å². The summed E-state index contributed by atoms with van der Waals surface area (Å²) in [6, 6.07) is 8.25. The monoisotopic (exact) mass is 342 g/mol. The van der Waals surface area contributed by atoms with Crippen LogP contribution in [-0.4, -0.2) is 42.1 Å². The van der Waals surface area contributed by atoms with E-state index in [1.807, 2.05) is 29.2 Å². The molecule has 1 atom stereocenters. The van der Waals surface area contributed by atoms with E-state index in [-0.39, 0.29) is 11.9 Å². The Kier molecular flexibility index (Phi) is 5.79. The van der Waals surface area contributed by atoms with Crippen molar-refractivity contribution in [2.45, 2.75) is 57.6 Å². The highest BCUT2D eigenvalue weighted by atomic mass is 16.5. The fourth-order valence-electron chi connectivity index (χ4n) is 3.75. The number of unbranched alkanes of at least 4 members (excludes halogenated alkanes) is 1. The molecule has 1 amide bonds. The number of nitrogens with one attached hydrogen (secondary N) is 1. The maximum Gasteiger partial charge on any atom is 0.267 e. The summed E-state index contributed by atoms with van der Waals surface area (Å²) in [5.41, 5.74) is 0.457. The molecule has 1 N–H and O–H groups in total. The molecule has 0 aromatic heterocycles. The van der Waals surface area contributed by atoms with Crippen LogP contribution in [0.1, 0.15) is 44.6 Å². The van der Waals surface area contributed by atoms with Gasteiger partial charge in [0.1, 0.15) is 5.75 Å². The van der Waals surface area contributed by atoms with Crippen molar-refractivity contribution >= 4 is 5.91 Å². The Labute approximate surface area is 151 Å². The zero-order valence-corrected chi connectivity index (χ0v) is 15.5. The van der Waals surface area contributed by atoms with Crippen LogP contribution in [0.25, 0.3) is 0 Å². The van der Waals surface area contributed by atoms with Crippen LogP contribution < -0.4 is 10.1 Å². The van der Waals surface area contributed by atoms with Crippen LogP contribution in [0.4, 0.5) is 0 Å². The largest absolute Gasteiger partial charge is 0.477 e. The Morgan fingerprint density at radius 1 is 1.28 bits per heavy atom. The third-order valence-electron chi connectivity index (χ3n) is 5.31. The number of amides is 1. The highest BCUT2D eigenvalue weighted by Gasteiger charge is 2.46. The topological polar surface area (TPSA) is 41.6 Å². The molecule has 0 bridgehead atoms. The number of aryl methyl sites for hydroxylation is 1. The summed E-state index contributed by atoms with van der Waals surface area (Å²) >= 11 is 0. The number of carbonyl (C=O) groups excluding carboxylic acids is 1. The highest BCUT2D eigenvalue weighted by molar-refractivity contribution is 5.87. The average molecular weight is 342 g/mol. The lowest BCUT2D eigenvalue weighted by molar-refractivity contribution is -0.151. The van der Waals surface area contributed by atoms with Gasteiger partial charge in [-0.1, -0.05) is 49.6 Å². The number of benzene rings is 1. The van der Waals surface area contributed by atoms with Crippen molar-refractivity contribution in [2.24, 2.45) is 0 Å². The molecule has 1 aromatic carbocycles. The van der Waals surface area contributed by atoms with E-state index in [9.17, 15) is 4.79 Å². The van der Waals surface area contributed by atoms with Crippen molar-refractivity contribution in [3.63, 3.8) is 0 Å². The summed E-state index contributed by atoms with van der Waals surface area (Å²) in [6.07, 6.45) is 9.09. The molecule has 4 nitrogen and oxygen atoms in total. The molecule has 2 aliphatic rings. The zero-order chi connectivity index (χ0) is 17.7. The summed E-state index contributed by atoms with van der Waals surface area (Å²) in [4.78, 5) is 15.5. The molecule has 0 spiro atoms. The molecule has 1 aromatic rings. The van der Waals surface area contributed by atoms with Gasteiger partial charge in [0.05, 0.1) is 6.04 Å². The minimum atomic E-state index is -0.739. The first-order valence-corrected chi connectivity index (χ1v) is 9.59. The van der Waals surface area contributed by atoms with Crippen LogP contribution in [0.2, 0.25) is 0 Å². The third-order valence-corrected chi connectivity index (χ3v) is 5.31. The number of piperidine rings is 1. The molecular formula is C21H30N2O2. The Morgan fingerprint density at radius 3 is 2.68 bits per heavy atom. The lowest BCUT2D eigenvalue weighted by Crippen LogP contribution is -2.58. The van der Waals surface area contributed by atoms with E-state index in [0.717, 1.165) is 50.9 Å². The quantitative estimate of drug-likeness (QED) is 0.805. The van der Waals surface area contributed by atoms with Gasteiger partial charge in [-0.15, -0.1) is 0 Å². The molecule has 0 saturated carbocycles. The van der Waals surface area contributed by atoms with E-state index >= 15 is 0 Å². The first-order valence-electron chi connectivity index (χ1n) is 9.59. The van der Waals surface area contributed by atoms with E-state index in [0.29, 0.717) is 6.54 Å². The van der Waals surface area contributed by atoms with Gasteiger partial charge in [-0.05, 0) is 38.6 Å².